The van der Waals surface area contributed by atoms with Crippen LogP contribution in [0.3, 0.4) is 0 Å². The normalized spacial score (nSPS) is 11.5. The molecule has 0 saturated heterocycles. The van der Waals surface area contributed by atoms with E-state index in [1.807, 2.05) is 0 Å². The third-order valence-electron chi connectivity index (χ3n) is 2.77. The topological polar surface area (TPSA) is 75.3 Å². The summed E-state index contributed by atoms with van der Waals surface area (Å²) >= 11 is 0. The maximum atomic E-state index is 11.9. The SMILES string of the molecule is CS(=O)c1ccc(C(=O)NNC(=O)c2ccccc2)cc1. The molecule has 0 aromatic heterocycles. The molecule has 2 N–H and O–H groups in total. The van der Waals surface area contributed by atoms with E-state index in [9.17, 15) is 13.8 Å². The van der Waals surface area contributed by atoms with E-state index in [1.54, 1.807) is 60.9 Å². The molecule has 2 amide bonds. The smallest absolute Gasteiger partial charge is 0.267 e. The molecule has 0 heterocycles. The fourth-order valence-corrected chi connectivity index (χ4v) is 2.16. The van der Waals surface area contributed by atoms with Crippen LogP contribution in [0.15, 0.2) is 59.5 Å². The van der Waals surface area contributed by atoms with Gasteiger partial charge in [-0.25, -0.2) is 0 Å². The van der Waals surface area contributed by atoms with Crippen molar-refractivity contribution < 1.29 is 13.8 Å². The number of hydrogen-bond donors (Lipinski definition) is 2. The van der Waals surface area contributed by atoms with E-state index in [-0.39, 0.29) is 0 Å². The van der Waals surface area contributed by atoms with Crippen molar-refractivity contribution in [2.75, 3.05) is 6.26 Å². The van der Waals surface area contributed by atoms with E-state index in [0.29, 0.717) is 16.0 Å². The fourth-order valence-electron chi connectivity index (χ4n) is 1.65. The van der Waals surface area contributed by atoms with Crippen molar-refractivity contribution in [1.29, 1.82) is 0 Å². The predicted octanol–water partition coefficient (Wildman–Crippen LogP) is 1.50. The lowest BCUT2D eigenvalue weighted by Gasteiger charge is -2.07. The summed E-state index contributed by atoms with van der Waals surface area (Å²) in [6.07, 6.45) is 1.56. The van der Waals surface area contributed by atoms with Crippen molar-refractivity contribution >= 4 is 22.6 Å². The molecule has 1 unspecified atom stereocenters. The maximum absolute atomic E-state index is 11.9. The lowest BCUT2D eigenvalue weighted by Crippen LogP contribution is -2.41. The van der Waals surface area contributed by atoms with E-state index in [4.69, 9.17) is 0 Å². The van der Waals surface area contributed by atoms with E-state index < -0.39 is 22.6 Å². The van der Waals surface area contributed by atoms with Crippen LogP contribution in [-0.4, -0.2) is 22.3 Å². The molecule has 6 heteroatoms. The summed E-state index contributed by atoms with van der Waals surface area (Å²) in [5, 5.41) is 0. The van der Waals surface area contributed by atoms with Crippen LogP contribution in [-0.2, 0) is 10.8 Å². The lowest BCUT2D eigenvalue weighted by molar-refractivity contribution is 0.0846. The first-order chi connectivity index (χ1) is 10.1. The Labute approximate surface area is 124 Å². The van der Waals surface area contributed by atoms with Gasteiger partial charge >= 0.3 is 0 Å². The van der Waals surface area contributed by atoms with Crippen LogP contribution in [0.4, 0.5) is 0 Å². The Hall–Kier alpha value is -2.47. The molecule has 0 bridgehead atoms. The zero-order chi connectivity index (χ0) is 15.2. The van der Waals surface area contributed by atoms with Crippen LogP contribution >= 0.6 is 0 Å². The summed E-state index contributed by atoms with van der Waals surface area (Å²) in [4.78, 5) is 24.3. The predicted molar refractivity (Wildman–Crippen MR) is 80.1 cm³/mol. The lowest BCUT2D eigenvalue weighted by atomic mass is 10.2. The zero-order valence-electron chi connectivity index (χ0n) is 11.3. The van der Waals surface area contributed by atoms with Crippen molar-refractivity contribution in [2.24, 2.45) is 0 Å². The van der Waals surface area contributed by atoms with Gasteiger partial charge in [-0.3, -0.25) is 24.6 Å². The van der Waals surface area contributed by atoms with Crippen LogP contribution in [0.2, 0.25) is 0 Å². The average molecular weight is 302 g/mol. The molecule has 0 aliphatic carbocycles. The van der Waals surface area contributed by atoms with Crippen molar-refractivity contribution in [3.63, 3.8) is 0 Å². The Kier molecular flexibility index (Phi) is 4.84. The van der Waals surface area contributed by atoms with E-state index in [0.717, 1.165) is 0 Å². The quantitative estimate of drug-likeness (QED) is 0.844. The minimum Gasteiger partial charge on any atom is -0.267 e. The van der Waals surface area contributed by atoms with Gasteiger partial charge in [-0.1, -0.05) is 18.2 Å². The molecular formula is C15H14N2O3S. The minimum absolute atomic E-state index is 0.373. The van der Waals surface area contributed by atoms with E-state index in [2.05, 4.69) is 10.9 Å². The van der Waals surface area contributed by atoms with Crippen LogP contribution in [0.25, 0.3) is 0 Å². The minimum atomic E-state index is -1.09. The molecule has 0 aliphatic rings. The first-order valence-electron chi connectivity index (χ1n) is 6.17. The van der Waals surface area contributed by atoms with E-state index in [1.165, 1.54) is 0 Å². The largest absolute Gasteiger partial charge is 0.269 e. The first-order valence-corrected chi connectivity index (χ1v) is 7.73. The van der Waals surface area contributed by atoms with Crippen molar-refractivity contribution in [3.8, 4) is 0 Å². The molecule has 5 nitrogen and oxygen atoms in total. The number of nitrogens with one attached hydrogen (secondary N) is 2. The molecule has 0 spiro atoms. The summed E-state index contributed by atoms with van der Waals surface area (Å²) in [6.45, 7) is 0. The molecule has 2 aromatic carbocycles. The van der Waals surface area contributed by atoms with Gasteiger partial charge in [-0.15, -0.1) is 0 Å². The second-order valence-corrected chi connectivity index (χ2v) is 5.63. The van der Waals surface area contributed by atoms with Gasteiger partial charge < -0.3 is 0 Å². The van der Waals surface area contributed by atoms with Crippen LogP contribution in [0.5, 0.6) is 0 Å². The molecule has 0 fully saturated rings. The third-order valence-corrected chi connectivity index (χ3v) is 3.71. The Morgan fingerprint density at radius 2 is 1.29 bits per heavy atom. The second kappa shape index (κ2) is 6.81. The highest BCUT2D eigenvalue weighted by molar-refractivity contribution is 7.84. The van der Waals surface area contributed by atoms with Crippen LogP contribution < -0.4 is 10.9 Å². The number of benzene rings is 2. The molecule has 21 heavy (non-hydrogen) atoms. The van der Waals surface area contributed by atoms with Gasteiger partial charge in [0.05, 0.1) is 0 Å². The molecule has 108 valence electrons. The van der Waals surface area contributed by atoms with Crippen LogP contribution in [0.1, 0.15) is 20.7 Å². The molecule has 2 rings (SSSR count). The van der Waals surface area contributed by atoms with Gasteiger partial charge in [0.1, 0.15) is 0 Å². The van der Waals surface area contributed by atoms with Crippen molar-refractivity contribution in [1.82, 2.24) is 10.9 Å². The van der Waals surface area contributed by atoms with Gasteiger partial charge in [-0.05, 0) is 36.4 Å². The standard InChI is InChI=1S/C15H14N2O3S/c1-21(20)13-9-7-12(8-10-13)15(19)17-16-14(18)11-5-3-2-4-6-11/h2-10H,1H3,(H,16,18)(H,17,19). The highest BCUT2D eigenvalue weighted by Crippen LogP contribution is 2.07. The fraction of sp³-hybridized carbons (Fsp3) is 0.0667. The monoisotopic (exact) mass is 302 g/mol. The van der Waals surface area contributed by atoms with Crippen LogP contribution in [0, 0.1) is 0 Å². The van der Waals surface area contributed by atoms with Gasteiger partial charge in [0.25, 0.3) is 11.8 Å². The highest BCUT2D eigenvalue weighted by atomic mass is 32.2. The van der Waals surface area contributed by atoms with Gasteiger partial charge in [0, 0.05) is 33.1 Å². The summed E-state index contributed by atoms with van der Waals surface area (Å²) < 4.78 is 11.3. The number of amides is 2. The summed E-state index contributed by atoms with van der Waals surface area (Å²) in [7, 11) is -1.09. The number of hydrogen-bond acceptors (Lipinski definition) is 3. The Bertz CT molecular complexity index is 669. The summed E-state index contributed by atoms with van der Waals surface area (Å²) in [6, 6.07) is 14.9. The van der Waals surface area contributed by atoms with Gasteiger partial charge in [0.2, 0.25) is 0 Å². The van der Waals surface area contributed by atoms with Crippen molar-refractivity contribution in [3.05, 3.63) is 65.7 Å². The first kappa shape index (κ1) is 14.9. The molecule has 1 atom stereocenters. The Morgan fingerprint density at radius 3 is 1.76 bits per heavy atom. The van der Waals surface area contributed by atoms with Crippen molar-refractivity contribution in [2.45, 2.75) is 4.90 Å². The Balaban J connectivity index is 1.96. The molecule has 0 aliphatic heterocycles. The number of carbonyl (C=O) groups is 2. The van der Waals surface area contributed by atoms with E-state index >= 15 is 0 Å². The summed E-state index contributed by atoms with van der Waals surface area (Å²) in [5.41, 5.74) is 5.49. The number of hydrazine groups is 1. The third kappa shape index (κ3) is 4.00. The highest BCUT2D eigenvalue weighted by Gasteiger charge is 2.09. The van der Waals surface area contributed by atoms with Gasteiger partial charge in [-0.2, -0.15) is 0 Å². The second-order valence-electron chi connectivity index (χ2n) is 4.25. The summed E-state index contributed by atoms with van der Waals surface area (Å²) in [5.74, 6) is -0.831. The number of carbonyl (C=O) groups excluding carboxylic acids is 2. The molecular weight excluding hydrogens is 288 g/mol. The number of rotatable bonds is 3. The molecule has 0 radical (unpaired) electrons. The van der Waals surface area contributed by atoms with Gasteiger partial charge in [0.15, 0.2) is 0 Å². The molecule has 0 saturated carbocycles. The zero-order valence-corrected chi connectivity index (χ0v) is 12.1. The average Bonchev–Trinajstić information content (AvgIpc) is 2.53. The maximum Gasteiger partial charge on any atom is 0.269 e. The Morgan fingerprint density at radius 1 is 0.810 bits per heavy atom. The molecule has 2 aromatic rings.